The number of carbonyl (C=O) groups excluding carboxylic acids is 3. The number of hydrogen-bond donors (Lipinski definition) is 7. The Bertz CT molecular complexity index is 842. The minimum atomic E-state index is -1.53. The van der Waals surface area contributed by atoms with E-state index in [1.807, 2.05) is 36.6 Å². The minimum Gasteiger partial charge on any atom is -0.480 e. The van der Waals surface area contributed by atoms with Crippen LogP contribution in [0.5, 0.6) is 0 Å². The molecule has 0 fully saturated rings. The SMILES string of the molecule is CSCCC(NC(=O)C(CCCCN)NC(=O)C(N)Cc1ccccc1)C(=O)NC(C(=O)O)C(C)O. The first-order chi connectivity index (χ1) is 17.1. The Labute approximate surface area is 216 Å². The molecule has 5 atom stereocenters. The van der Waals surface area contributed by atoms with Crippen molar-refractivity contribution in [3.05, 3.63) is 35.9 Å². The van der Waals surface area contributed by atoms with Crippen molar-refractivity contribution in [3.63, 3.8) is 0 Å². The molecule has 0 aromatic heterocycles. The quantitative estimate of drug-likeness (QED) is 0.129. The highest BCUT2D eigenvalue weighted by atomic mass is 32.2. The van der Waals surface area contributed by atoms with Crippen molar-refractivity contribution in [2.75, 3.05) is 18.6 Å². The van der Waals surface area contributed by atoms with Gasteiger partial charge >= 0.3 is 5.97 Å². The molecule has 12 heteroatoms. The molecule has 0 aliphatic rings. The smallest absolute Gasteiger partial charge is 0.328 e. The van der Waals surface area contributed by atoms with Gasteiger partial charge < -0.3 is 37.6 Å². The Morgan fingerprint density at radius 2 is 1.53 bits per heavy atom. The summed E-state index contributed by atoms with van der Waals surface area (Å²) in [6.45, 7) is 1.67. The molecule has 202 valence electrons. The molecule has 5 unspecified atom stereocenters. The van der Waals surface area contributed by atoms with Gasteiger partial charge in [-0.2, -0.15) is 11.8 Å². The molecule has 0 bridgehead atoms. The maximum Gasteiger partial charge on any atom is 0.328 e. The lowest BCUT2D eigenvalue weighted by molar-refractivity contribution is -0.145. The summed E-state index contributed by atoms with van der Waals surface area (Å²) in [6, 6.07) is 4.83. The lowest BCUT2D eigenvalue weighted by Crippen LogP contribution is -2.58. The van der Waals surface area contributed by atoms with E-state index in [1.54, 1.807) is 0 Å². The molecule has 0 aliphatic carbocycles. The van der Waals surface area contributed by atoms with Crippen LogP contribution in [-0.4, -0.2) is 82.7 Å². The van der Waals surface area contributed by atoms with E-state index in [1.165, 1.54) is 18.7 Å². The van der Waals surface area contributed by atoms with Crippen LogP contribution in [0.2, 0.25) is 0 Å². The van der Waals surface area contributed by atoms with E-state index in [2.05, 4.69) is 16.0 Å². The molecule has 0 saturated carbocycles. The molecule has 3 amide bonds. The van der Waals surface area contributed by atoms with Crippen LogP contribution in [0.4, 0.5) is 0 Å². The second-order valence-corrected chi connectivity index (χ2v) is 9.54. The number of nitrogens with two attached hydrogens (primary N) is 2. The van der Waals surface area contributed by atoms with Crippen molar-refractivity contribution in [3.8, 4) is 0 Å². The Balaban J connectivity index is 2.94. The van der Waals surface area contributed by atoms with E-state index in [4.69, 9.17) is 11.5 Å². The summed E-state index contributed by atoms with van der Waals surface area (Å²) in [5, 5.41) is 26.5. The summed E-state index contributed by atoms with van der Waals surface area (Å²) in [4.78, 5) is 50.1. The Morgan fingerprint density at radius 3 is 2.08 bits per heavy atom. The number of aliphatic hydroxyl groups excluding tert-OH is 1. The molecule has 1 aromatic rings. The van der Waals surface area contributed by atoms with Gasteiger partial charge in [-0.3, -0.25) is 14.4 Å². The third-order valence-electron chi connectivity index (χ3n) is 5.50. The molecule has 1 aromatic carbocycles. The van der Waals surface area contributed by atoms with Crippen molar-refractivity contribution >= 4 is 35.5 Å². The Morgan fingerprint density at radius 1 is 0.944 bits per heavy atom. The fourth-order valence-corrected chi connectivity index (χ4v) is 3.89. The molecule has 1 rings (SSSR count). The topological polar surface area (TPSA) is 197 Å². The number of hydrogen-bond acceptors (Lipinski definition) is 8. The second-order valence-electron chi connectivity index (χ2n) is 8.55. The number of amides is 3. The molecule has 0 spiro atoms. The highest BCUT2D eigenvalue weighted by molar-refractivity contribution is 7.98. The van der Waals surface area contributed by atoms with Gasteiger partial charge in [0.2, 0.25) is 17.7 Å². The number of carbonyl (C=O) groups is 4. The predicted molar refractivity (Wildman–Crippen MR) is 139 cm³/mol. The van der Waals surface area contributed by atoms with Gasteiger partial charge in [-0.05, 0) is 63.1 Å². The molecule has 0 aliphatic heterocycles. The van der Waals surface area contributed by atoms with Gasteiger partial charge in [0, 0.05) is 0 Å². The lowest BCUT2D eigenvalue weighted by atomic mass is 10.0. The Kier molecular flexibility index (Phi) is 14.7. The van der Waals surface area contributed by atoms with E-state index in [0.717, 1.165) is 5.56 Å². The predicted octanol–water partition coefficient (Wildman–Crippen LogP) is -0.642. The fraction of sp³-hybridized carbons (Fsp3) is 0.583. The summed E-state index contributed by atoms with van der Waals surface area (Å²) in [5.41, 5.74) is 12.5. The first kappa shape index (κ1) is 31.4. The number of benzene rings is 1. The number of nitrogens with one attached hydrogen (secondary N) is 3. The van der Waals surface area contributed by atoms with Crippen molar-refractivity contribution in [1.82, 2.24) is 16.0 Å². The number of thioether (sulfide) groups is 1. The third kappa shape index (κ3) is 11.4. The molecule has 36 heavy (non-hydrogen) atoms. The van der Waals surface area contributed by atoms with Crippen molar-refractivity contribution in [2.45, 2.75) is 69.3 Å². The van der Waals surface area contributed by atoms with Gasteiger partial charge in [-0.25, -0.2) is 4.79 Å². The largest absolute Gasteiger partial charge is 0.480 e. The normalized spacial score (nSPS) is 15.1. The fourth-order valence-electron chi connectivity index (χ4n) is 3.42. The maximum absolute atomic E-state index is 13.1. The van der Waals surface area contributed by atoms with Crippen LogP contribution in [0.25, 0.3) is 0 Å². The lowest BCUT2D eigenvalue weighted by Gasteiger charge is -2.26. The van der Waals surface area contributed by atoms with Crippen molar-refractivity contribution in [1.29, 1.82) is 0 Å². The molecule has 11 nitrogen and oxygen atoms in total. The van der Waals surface area contributed by atoms with Crippen molar-refractivity contribution < 1.29 is 29.4 Å². The van der Waals surface area contributed by atoms with Gasteiger partial charge in [0.05, 0.1) is 12.1 Å². The van der Waals surface area contributed by atoms with Crippen LogP contribution in [0.1, 0.15) is 38.2 Å². The summed E-state index contributed by atoms with van der Waals surface area (Å²) < 4.78 is 0. The van der Waals surface area contributed by atoms with Crippen LogP contribution < -0.4 is 27.4 Å². The van der Waals surface area contributed by atoms with Crippen molar-refractivity contribution in [2.24, 2.45) is 11.5 Å². The Hall–Kier alpha value is -2.67. The molecule has 0 radical (unpaired) electrons. The zero-order valence-corrected chi connectivity index (χ0v) is 21.6. The van der Waals surface area contributed by atoms with Gasteiger partial charge in [0.1, 0.15) is 12.1 Å². The van der Waals surface area contributed by atoms with E-state index in [-0.39, 0.29) is 12.8 Å². The number of carboxylic acid groups (broad SMARTS) is 1. The molecular weight excluding hydrogens is 486 g/mol. The van der Waals surface area contributed by atoms with Crippen LogP contribution >= 0.6 is 11.8 Å². The summed E-state index contributed by atoms with van der Waals surface area (Å²) >= 11 is 1.45. The van der Waals surface area contributed by atoms with Gasteiger partial charge in [0.15, 0.2) is 6.04 Å². The summed E-state index contributed by atoms with van der Waals surface area (Å²) in [6.07, 6.45) is 2.50. The van der Waals surface area contributed by atoms with E-state index >= 15 is 0 Å². The average Bonchev–Trinajstić information content (AvgIpc) is 2.84. The third-order valence-corrected chi connectivity index (χ3v) is 6.15. The first-order valence-electron chi connectivity index (χ1n) is 11.9. The number of carboxylic acids is 1. The molecule has 0 heterocycles. The number of aliphatic hydroxyl groups is 1. The maximum atomic E-state index is 13.1. The molecule has 0 saturated heterocycles. The number of aliphatic carboxylic acids is 1. The highest BCUT2D eigenvalue weighted by Gasteiger charge is 2.31. The highest BCUT2D eigenvalue weighted by Crippen LogP contribution is 2.08. The van der Waals surface area contributed by atoms with E-state index in [9.17, 15) is 29.4 Å². The summed E-state index contributed by atoms with van der Waals surface area (Å²) in [5.74, 6) is -2.71. The monoisotopic (exact) mass is 525 g/mol. The van der Waals surface area contributed by atoms with E-state index < -0.39 is 54.0 Å². The molecule has 9 N–H and O–H groups in total. The number of unbranched alkanes of at least 4 members (excludes halogenated alkanes) is 1. The zero-order valence-electron chi connectivity index (χ0n) is 20.8. The van der Waals surface area contributed by atoms with Crippen LogP contribution in [0.15, 0.2) is 30.3 Å². The van der Waals surface area contributed by atoms with Gasteiger partial charge in [0.25, 0.3) is 0 Å². The second kappa shape index (κ2) is 16.9. The standard InChI is InChI=1S/C24H39N5O6S/c1-15(30)20(24(34)35)29-23(33)19(11-13-36-2)28-22(32)18(10-6-7-12-25)27-21(31)17(26)14-16-8-4-3-5-9-16/h3-5,8-9,15,17-20,30H,6-7,10-14,25-26H2,1-2H3,(H,27,31)(H,28,32)(H,29,33)(H,34,35). The van der Waals surface area contributed by atoms with Gasteiger partial charge in [-0.15, -0.1) is 0 Å². The van der Waals surface area contributed by atoms with Crippen LogP contribution in [-0.2, 0) is 25.6 Å². The molecular formula is C24H39N5O6S. The first-order valence-corrected chi connectivity index (χ1v) is 13.3. The van der Waals surface area contributed by atoms with Crippen LogP contribution in [0, 0.1) is 0 Å². The van der Waals surface area contributed by atoms with Crippen LogP contribution in [0.3, 0.4) is 0 Å². The van der Waals surface area contributed by atoms with E-state index in [0.29, 0.717) is 31.6 Å². The minimum absolute atomic E-state index is 0.224. The van der Waals surface area contributed by atoms with Gasteiger partial charge in [-0.1, -0.05) is 30.3 Å². The summed E-state index contributed by atoms with van der Waals surface area (Å²) in [7, 11) is 0. The number of rotatable bonds is 17. The zero-order chi connectivity index (χ0) is 27.1. The average molecular weight is 526 g/mol.